The second-order valence-electron chi connectivity index (χ2n) is 5.02. The Hall–Kier alpha value is -0.610. The lowest BCUT2D eigenvalue weighted by atomic mass is 9.84. The van der Waals surface area contributed by atoms with Gasteiger partial charge in [0.05, 0.1) is 0 Å². The predicted molar refractivity (Wildman–Crippen MR) is 75.6 cm³/mol. The molecule has 0 radical (unpaired) electrons. The van der Waals surface area contributed by atoms with Crippen molar-refractivity contribution in [3.63, 3.8) is 0 Å². The molecule has 1 aromatic rings. The van der Waals surface area contributed by atoms with E-state index in [1.54, 1.807) is 0 Å². The van der Waals surface area contributed by atoms with Gasteiger partial charge < -0.3 is 14.6 Å². The fourth-order valence-corrected chi connectivity index (χ4v) is 2.77. The van der Waals surface area contributed by atoms with Crippen LogP contribution in [0.15, 0.2) is 18.2 Å². The Bertz CT molecular complexity index is 422. The maximum Gasteiger partial charge on any atom is 0.108 e. The average molecular weight is 285 g/mol. The van der Waals surface area contributed by atoms with Crippen molar-refractivity contribution < 1.29 is 14.6 Å². The van der Waals surface area contributed by atoms with Crippen LogP contribution in [-0.4, -0.2) is 30.5 Å². The van der Waals surface area contributed by atoms with E-state index in [1.807, 2.05) is 32.0 Å². The van der Waals surface area contributed by atoms with Crippen LogP contribution in [0.3, 0.4) is 0 Å². The zero-order valence-electron chi connectivity index (χ0n) is 11.5. The predicted octanol–water partition coefficient (Wildman–Crippen LogP) is 3.27. The Morgan fingerprint density at radius 2 is 2.11 bits per heavy atom. The maximum absolute atomic E-state index is 10.7. The molecule has 1 saturated heterocycles. The van der Waals surface area contributed by atoms with Crippen molar-refractivity contribution in [2.45, 2.75) is 38.4 Å². The summed E-state index contributed by atoms with van der Waals surface area (Å²) >= 11 is 6.14. The first-order valence-corrected chi connectivity index (χ1v) is 7.12. The number of aliphatic hydroxyl groups is 1. The molecule has 0 amide bonds. The SMILES string of the molecule is CCOC1(C(O)c2ccc(C)c(Cl)c2)CCOCC1. The van der Waals surface area contributed by atoms with Gasteiger partial charge in [0.15, 0.2) is 0 Å². The summed E-state index contributed by atoms with van der Waals surface area (Å²) in [5, 5.41) is 11.4. The van der Waals surface area contributed by atoms with Gasteiger partial charge in [-0.3, -0.25) is 0 Å². The Morgan fingerprint density at radius 3 is 2.68 bits per heavy atom. The van der Waals surface area contributed by atoms with Crippen LogP contribution in [0.4, 0.5) is 0 Å². The van der Waals surface area contributed by atoms with Gasteiger partial charge in [-0.1, -0.05) is 23.7 Å². The molecule has 19 heavy (non-hydrogen) atoms. The van der Waals surface area contributed by atoms with Crippen LogP contribution in [0.25, 0.3) is 0 Å². The summed E-state index contributed by atoms with van der Waals surface area (Å²) in [5.41, 5.74) is 1.27. The number of ether oxygens (including phenoxy) is 2. The van der Waals surface area contributed by atoms with Crippen LogP contribution < -0.4 is 0 Å². The van der Waals surface area contributed by atoms with Crippen molar-refractivity contribution >= 4 is 11.6 Å². The summed E-state index contributed by atoms with van der Waals surface area (Å²) in [7, 11) is 0. The first kappa shape index (κ1) is 14.8. The number of hydrogen-bond donors (Lipinski definition) is 1. The van der Waals surface area contributed by atoms with Gasteiger partial charge in [-0.15, -0.1) is 0 Å². The number of hydrogen-bond acceptors (Lipinski definition) is 3. The van der Waals surface area contributed by atoms with Gasteiger partial charge in [-0.25, -0.2) is 0 Å². The molecule has 0 aromatic heterocycles. The van der Waals surface area contributed by atoms with E-state index in [4.69, 9.17) is 21.1 Å². The second kappa shape index (κ2) is 6.23. The fourth-order valence-electron chi connectivity index (χ4n) is 2.58. The van der Waals surface area contributed by atoms with Crippen LogP contribution in [0.2, 0.25) is 5.02 Å². The molecule has 0 saturated carbocycles. The Morgan fingerprint density at radius 1 is 1.42 bits per heavy atom. The van der Waals surface area contributed by atoms with E-state index in [0.29, 0.717) is 37.7 Å². The van der Waals surface area contributed by atoms with E-state index in [0.717, 1.165) is 11.1 Å². The van der Waals surface area contributed by atoms with Crippen molar-refractivity contribution in [1.29, 1.82) is 0 Å². The first-order chi connectivity index (χ1) is 9.09. The van der Waals surface area contributed by atoms with Crippen molar-refractivity contribution in [3.05, 3.63) is 34.3 Å². The fraction of sp³-hybridized carbons (Fsp3) is 0.600. The minimum absolute atomic E-state index is 0.550. The third-order valence-corrected chi connectivity index (χ3v) is 4.19. The van der Waals surface area contributed by atoms with Crippen molar-refractivity contribution in [1.82, 2.24) is 0 Å². The van der Waals surface area contributed by atoms with Gasteiger partial charge >= 0.3 is 0 Å². The van der Waals surface area contributed by atoms with Crippen molar-refractivity contribution in [2.24, 2.45) is 0 Å². The molecule has 0 bridgehead atoms. The largest absolute Gasteiger partial charge is 0.385 e. The van der Waals surface area contributed by atoms with Crippen LogP contribution in [0, 0.1) is 6.92 Å². The van der Waals surface area contributed by atoms with E-state index < -0.39 is 11.7 Å². The quantitative estimate of drug-likeness (QED) is 0.922. The highest BCUT2D eigenvalue weighted by molar-refractivity contribution is 6.31. The molecule has 2 rings (SSSR count). The number of aryl methyl sites for hydroxylation is 1. The normalized spacial score (nSPS) is 20.2. The lowest BCUT2D eigenvalue weighted by Gasteiger charge is -2.40. The zero-order valence-corrected chi connectivity index (χ0v) is 12.2. The molecule has 1 fully saturated rings. The molecule has 1 aromatic carbocycles. The van der Waals surface area contributed by atoms with E-state index in [-0.39, 0.29) is 0 Å². The number of benzene rings is 1. The van der Waals surface area contributed by atoms with Gasteiger partial charge in [-0.2, -0.15) is 0 Å². The Labute approximate surface area is 119 Å². The molecule has 1 aliphatic rings. The molecule has 4 heteroatoms. The summed E-state index contributed by atoms with van der Waals surface area (Å²) in [4.78, 5) is 0. The van der Waals surface area contributed by atoms with Gasteiger partial charge in [0, 0.05) is 37.7 Å². The Balaban J connectivity index is 2.27. The minimum atomic E-state index is -0.672. The molecule has 3 nitrogen and oxygen atoms in total. The molecule has 0 spiro atoms. The highest BCUT2D eigenvalue weighted by Gasteiger charge is 2.41. The molecule has 1 heterocycles. The zero-order chi connectivity index (χ0) is 13.9. The van der Waals surface area contributed by atoms with Crippen LogP contribution in [-0.2, 0) is 9.47 Å². The summed E-state index contributed by atoms with van der Waals surface area (Å²) in [6, 6.07) is 5.68. The monoisotopic (exact) mass is 284 g/mol. The Kier molecular flexibility index (Phi) is 4.85. The van der Waals surface area contributed by atoms with Crippen LogP contribution in [0.5, 0.6) is 0 Å². The maximum atomic E-state index is 10.7. The van der Waals surface area contributed by atoms with E-state index >= 15 is 0 Å². The molecule has 1 N–H and O–H groups in total. The third kappa shape index (κ3) is 3.11. The average Bonchev–Trinajstić information content (AvgIpc) is 2.42. The first-order valence-electron chi connectivity index (χ1n) is 6.75. The molecular formula is C15H21ClO3. The van der Waals surface area contributed by atoms with Crippen LogP contribution >= 0.6 is 11.6 Å². The topological polar surface area (TPSA) is 38.7 Å². The van der Waals surface area contributed by atoms with E-state index in [2.05, 4.69) is 0 Å². The summed E-state index contributed by atoms with van der Waals surface area (Å²) in [6.45, 7) is 5.72. The van der Waals surface area contributed by atoms with Crippen LogP contribution in [0.1, 0.15) is 37.0 Å². The molecule has 0 aliphatic carbocycles. The lowest BCUT2D eigenvalue weighted by Crippen LogP contribution is -2.44. The summed E-state index contributed by atoms with van der Waals surface area (Å²) in [5.74, 6) is 0. The molecule has 1 aliphatic heterocycles. The van der Waals surface area contributed by atoms with Gasteiger partial charge in [-0.05, 0) is 31.0 Å². The molecular weight excluding hydrogens is 264 g/mol. The lowest BCUT2D eigenvalue weighted by molar-refractivity contribution is -0.168. The van der Waals surface area contributed by atoms with Crippen molar-refractivity contribution in [2.75, 3.05) is 19.8 Å². The molecule has 1 unspecified atom stereocenters. The number of rotatable bonds is 4. The van der Waals surface area contributed by atoms with E-state index in [9.17, 15) is 5.11 Å². The summed E-state index contributed by atoms with van der Waals surface area (Å²) in [6.07, 6.45) is 0.732. The minimum Gasteiger partial charge on any atom is -0.385 e. The number of halogens is 1. The van der Waals surface area contributed by atoms with Gasteiger partial charge in [0.1, 0.15) is 11.7 Å². The molecule has 106 valence electrons. The highest BCUT2D eigenvalue weighted by atomic mass is 35.5. The highest BCUT2D eigenvalue weighted by Crippen LogP contribution is 2.38. The van der Waals surface area contributed by atoms with Gasteiger partial charge in [0.25, 0.3) is 0 Å². The number of aliphatic hydroxyl groups excluding tert-OH is 1. The standard InChI is InChI=1S/C15H21ClO3/c1-3-19-15(6-8-18-9-7-15)14(17)12-5-4-11(2)13(16)10-12/h4-5,10,14,17H,3,6-9H2,1-2H3. The van der Waals surface area contributed by atoms with Gasteiger partial charge in [0.2, 0.25) is 0 Å². The van der Waals surface area contributed by atoms with Crippen molar-refractivity contribution in [3.8, 4) is 0 Å². The smallest absolute Gasteiger partial charge is 0.108 e. The second-order valence-corrected chi connectivity index (χ2v) is 5.43. The third-order valence-electron chi connectivity index (χ3n) is 3.78. The summed E-state index contributed by atoms with van der Waals surface area (Å²) < 4.78 is 11.3. The molecule has 1 atom stereocenters. The van der Waals surface area contributed by atoms with E-state index in [1.165, 1.54) is 0 Å².